The summed E-state index contributed by atoms with van der Waals surface area (Å²) in [5.74, 6) is 1.21. The van der Waals surface area contributed by atoms with E-state index in [0.717, 1.165) is 0 Å². The van der Waals surface area contributed by atoms with Crippen molar-refractivity contribution >= 4 is 0 Å². The molecule has 0 saturated carbocycles. The van der Waals surface area contributed by atoms with Crippen LogP contribution in [0.2, 0.25) is 0 Å². The van der Waals surface area contributed by atoms with E-state index in [2.05, 4.69) is 0 Å². The number of benzene rings is 2. The average molecular weight is 276 g/mol. The molecule has 2 rings (SSSR count). The first-order chi connectivity index (χ1) is 9.81. The molecule has 0 aliphatic carbocycles. The summed E-state index contributed by atoms with van der Waals surface area (Å²) in [7, 11) is 0. The van der Waals surface area contributed by atoms with Gasteiger partial charge in [0.15, 0.2) is 23.1 Å². The van der Waals surface area contributed by atoms with Crippen molar-refractivity contribution < 1.29 is 18.6 Å². The monoisotopic (exact) mass is 276 g/mol. The molecule has 106 valence electrons. The van der Waals surface area contributed by atoms with Crippen LogP contribution in [0.5, 0.6) is 17.2 Å². The SMILES string of the molecule is CCOc1ccccc1OCCOc1ccccc1F. The van der Waals surface area contributed by atoms with Crippen molar-refractivity contribution in [1.82, 2.24) is 0 Å². The summed E-state index contributed by atoms with van der Waals surface area (Å²) < 4.78 is 29.7. The quantitative estimate of drug-likeness (QED) is 0.722. The molecule has 2 aromatic carbocycles. The van der Waals surface area contributed by atoms with Crippen LogP contribution in [0.25, 0.3) is 0 Å². The van der Waals surface area contributed by atoms with Crippen molar-refractivity contribution in [2.45, 2.75) is 6.92 Å². The highest BCUT2D eigenvalue weighted by Gasteiger charge is 2.04. The molecule has 0 spiro atoms. The molecule has 0 amide bonds. The van der Waals surface area contributed by atoms with E-state index in [1.807, 2.05) is 31.2 Å². The largest absolute Gasteiger partial charge is 0.490 e. The lowest BCUT2D eigenvalue weighted by Crippen LogP contribution is -2.10. The van der Waals surface area contributed by atoms with Crippen molar-refractivity contribution in [2.75, 3.05) is 19.8 Å². The first-order valence-electron chi connectivity index (χ1n) is 6.53. The van der Waals surface area contributed by atoms with E-state index < -0.39 is 0 Å². The van der Waals surface area contributed by atoms with E-state index in [1.165, 1.54) is 6.07 Å². The van der Waals surface area contributed by atoms with Crippen LogP contribution in [-0.2, 0) is 0 Å². The summed E-state index contributed by atoms with van der Waals surface area (Å²) in [5, 5.41) is 0. The van der Waals surface area contributed by atoms with Crippen molar-refractivity contribution in [3.8, 4) is 17.2 Å². The van der Waals surface area contributed by atoms with Crippen LogP contribution >= 0.6 is 0 Å². The molecule has 0 aliphatic rings. The van der Waals surface area contributed by atoms with Crippen LogP contribution in [0, 0.1) is 5.82 Å². The van der Waals surface area contributed by atoms with Crippen LogP contribution in [-0.4, -0.2) is 19.8 Å². The lowest BCUT2D eigenvalue weighted by Gasteiger charge is -2.12. The van der Waals surface area contributed by atoms with E-state index in [9.17, 15) is 4.39 Å². The lowest BCUT2D eigenvalue weighted by molar-refractivity contribution is 0.203. The molecule has 3 nitrogen and oxygen atoms in total. The second-order valence-corrected chi connectivity index (χ2v) is 4.01. The molecule has 0 atom stereocenters. The van der Waals surface area contributed by atoms with Crippen LogP contribution in [0.3, 0.4) is 0 Å². The number of rotatable bonds is 7. The van der Waals surface area contributed by atoms with Gasteiger partial charge in [-0.15, -0.1) is 0 Å². The molecule has 0 saturated heterocycles. The molecular formula is C16H17FO3. The van der Waals surface area contributed by atoms with Gasteiger partial charge in [-0.05, 0) is 31.2 Å². The highest BCUT2D eigenvalue weighted by atomic mass is 19.1. The van der Waals surface area contributed by atoms with Crippen molar-refractivity contribution in [3.05, 3.63) is 54.3 Å². The average Bonchev–Trinajstić information content (AvgIpc) is 2.47. The maximum atomic E-state index is 13.3. The summed E-state index contributed by atoms with van der Waals surface area (Å²) >= 11 is 0. The van der Waals surface area contributed by atoms with Gasteiger partial charge in [0.1, 0.15) is 13.2 Å². The Morgan fingerprint density at radius 2 is 1.25 bits per heavy atom. The third kappa shape index (κ3) is 3.88. The lowest BCUT2D eigenvalue weighted by atomic mass is 10.3. The summed E-state index contributed by atoms with van der Waals surface area (Å²) in [4.78, 5) is 0. The Hall–Kier alpha value is -2.23. The second-order valence-electron chi connectivity index (χ2n) is 4.01. The summed E-state index contributed by atoms with van der Waals surface area (Å²) in [6.07, 6.45) is 0. The van der Waals surface area contributed by atoms with E-state index in [-0.39, 0.29) is 18.2 Å². The van der Waals surface area contributed by atoms with Gasteiger partial charge in [0, 0.05) is 0 Å². The predicted molar refractivity (Wildman–Crippen MR) is 75.0 cm³/mol. The van der Waals surface area contributed by atoms with Crippen LogP contribution in [0.1, 0.15) is 6.92 Å². The fourth-order valence-electron chi connectivity index (χ4n) is 1.71. The van der Waals surface area contributed by atoms with Gasteiger partial charge in [-0.2, -0.15) is 0 Å². The summed E-state index contributed by atoms with van der Waals surface area (Å²) in [6.45, 7) is 3.07. The second kappa shape index (κ2) is 7.38. The minimum absolute atomic E-state index is 0.231. The van der Waals surface area contributed by atoms with Gasteiger partial charge in [-0.3, -0.25) is 0 Å². The molecular weight excluding hydrogens is 259 g/mol. The van der Waals surface area contributed by atoms with Crippen LogP contribution in [0.15, 0.2) is 48.5 Å². The molecule has 20 heavy (non-hydrogen) atoms. The minimum Gasteiger partial charge on any atom is -0.490 e. The highest BCUT2D eigenvalue weighted by molar-refractivity contribution is 5.39. The molecule has 0 aliphatic heterocycles. The Bertz CT molecular complexity index is 543. The van der Waals surface area contributed by atoms with Gasteiger partial charge in [0.2, 0.25) is 0 Å². The fraction of sp³-hybridized carbons (Fsp3) is 0.250. The highest BCUT2D eigenvalue weighted by Crippen LogP contribution is 2.26. The van der Waals surface area contributed by atoms with Gasteiger partial charge in [0.05, 0.1) is 6.61 Å². The normalized spacial score (nSPS) is 10.1. The third-order valence-electron chi connectivity index (χ3n) is 2.58. The van der Waals surface area contributed by atoms with Gasteiger partial charge >= 0.3 is 0 Å². The maximum Gasteiger partial charge on any atom is 0.165 e. The smallest absolute Gasteiger partial charge is 0.165 e. The number of hydrogen-bond donors (Lipinski definition) is 0. The van der Waals surface area contributed by atoms with E-state index in [4.69, 9.17) is 14.2 Å². The van der Waals surface area contributed by atoms with Gasteiger partial charge < -0.3 is 14.2 Å². The number of ether oxygens (including phenoxy) is 3. The Morgan fingerprint density at radius 1 is 0.750 bits per heavy atom. The molecule has 2 aromatic rings. The van der Waals surface area contributed by atoms with Gasteiger partial charge in [-0.1, -0.05) is 24.3 Å². The van der Waals surface area contributed by atoms with Crippen molar-refractivity contribution in [1.29, 1.82) is 0 Å². The third-order valence-corrected chi connectivity index (χ3v) is 2.58. The Labute approximate surface area is 117 Å². The molecule has 0 N–H and O–H groups in total. The topological polar surface area (TPSA) is 27.7 Å². The standard InChI is InChI=1S/C16H17FO3/c1-2-18-15-9-5-6-10-16(15)20-12-11-19-14-8-4-3-7-13(14)17/h3-10H,2,11-12H2,1H3. The van der Waals surface area contributed by atoms with E-state index in [0.29, 0.717) is 24.7 Å². The molecule has 0 heterocycles. The maximum absolute atomic E-state index is 13.3. The number of para-hydroxylation sites is 3. The molecule has 0 radical (unpaired) electrons. The number of hydrogen-bond acceptors (Lipinski definition) is 3. The zero-order valence-electron chi connectivity index (χ0n) is 11.3. The number of halogens is 1. The minimum atomic E-state index is -0.373. The Balaban J connectivity index is 1.83. The zero-order valence-corrected chi connectivity index (χ0v) is 11.3. The molecule has 0 bridgehead atoms. The van der Waals surface area contributed by atoms with E-state index >= 15 is 0 Å². The fourth-order valence-corrected chi connectivity index (χ4v) is 1.71. The first kappa shape index (κ1) is 14.2. The first-order valence-corrected chi connectivity index (χ1v) is 6.53. The molecule has 0 aromatic heterocycles. The zero-order chi connectivity index (χ0) is 14.2. The van der Waals surface area contributed by atoms with Crippen LogP contribution in [0.4, 0.5) is 4.39 Å². The Kier molecular flexibility index (Phi) is 5.24. The van der Waals surface area contributed by atoms with Gasteiger partial charge in [-0.25, -0.2) is 4.39 Å². The Morgan fingerprint density at radius 3 is 1.85 bits per heavy atom. The van der Waals surface area contributed by atoms with Crippen LogP contribution < -0.4 is 14.2 Å². The summed E-state index contributed by atoms with van der Waals surface area (Å²) in [6, 6.07) is 13.7. The molecule has 0 unspecified atom stereocenters. The molecule has 0 fully saturated rings. The van der Waals surface area contributed by atoms with Gasteiger partial charge in [0.25, 0.3) is 0 Å². The van der Waals surface area contributed by atoms with E-state index in [1.54, 1.807) is 18.2 Å². The predicted octanol–water partition coefficient (Wildman–Crippen LogP) is 3.68. The van der Waals surface area contributed by atoms with Crippen molar-refractivity contribution in [3.63, 3.8) is 0 Å². The molecule has 4 heteroatoms. The summed E-state index contributed by atoms with van der Waals surface area (Å²) in [5.41, 5.74) is 0. The van der Waals surface area contributed by atoms with Crippen molar-refractivity contribution in [2.24, 2.45) is 0 Å².